The molecular formula is C11H12ClN3O. The van der Waals surface area contributed by atoms with E-state index in [0.29, 0.717) is 17.9 Å². The largest absolute Gasteiger partial charge is 0.386 e. The predicted molar refractivity (Wildman–Crippen MR) is 64.4 cm³/mol. The first-order valence-electron chi connectivity index (χ1n) is 4.93. The van der Waals surface area contributed by atoms with Crippen LogP contribution >= 0.6 is 11.6 Å². The van der Waals surface area contributed by atoms with Crippen LogP contribution < -0.4 is 11.1 Å². The molecule has 3 N–H and O–H groups in total. The number of hydrogen-bond donors (Lipinski definition) is 2. The smallest absolute Gasteiger partial charge is 0.251 e. The second-order valence-corrected chi connectivity index (χ2v) is 3.94. The van der Waals surface area contributed by atoms with E-state index in [1.165, 1.54) is 0 Å². The van der Waals surface area contributed by atoms with Crippen LogP contribution in [0.4, 0.5) is 5.69 Å². The van der Waals surface area contributed by atoms with Crippen molar-refractivity contribution < 1.29 is 4.79 Å². The zero-order valence-corrected chi connectivity index (χ0v) is 9.64. The molecular weight excluding hydrogens is 226 g/mol. The van der Waals surface area contributed by atoms with Crippen LogP contribution in [0.15, 0.2) is 17.1 Å². The van der Waals surface area contributed by atoms with Gasteiger partial charge in [-0.1, -0.05) is 6.07 Å². The number of halogens is 1. The Morgan fingerprint density at radius 2 is 2.38 bits per heavy atom. The van der Waals surface area contributed by atoms with Gasteiger partial charge in [-0.05, 0) is 18.6 Å². The van der Waals surface area contributed by atoms with Gasteiger partial charge in [-0.25, -0.2) is 4.99 Å². The maximum Gasteiger partial charge on any atom is 0.251 e. The number of rotatable bonds is 2. The zero-order chi connectivity index (χ0) is 11.7. The number of aliphatic imine (C=N–C) groups is 1. The van der Waals surface area contributed by atoms with Crippen LogP contribution in [0.3, 0.4) is 0 Å². The molecule has 1 aliphatic heterocycles. The minimum Gasteiger partial charge on any atom is -0.386 e. The maximum atomic E-state index is 11.5. The molecule has 16 heavy (non-hydrogen) atoms. The SMILES string of the molecule is Cc1ccc2c(c1N=C(N)CCl)CNC2=O. The Bertz CT molecular complexity index is 482. The van der Waals surface area contributed by atoms with E-state index in [4.69, 9.17) is 17.3 Å². The van der Waals surface area contributed by atoms with Crippen LogP contribution in [-0.4, -0.2) is 17.6 Å². The van der Waals surface area contributed by atoms with Crippen molar-refractivity contribution in [2.75, 3.05) is 5.88 Å². The van der Waals surface area contributed by atoms with Crippen molar-refractivity contribution in [3.63, 3.8) is 0 Å². The van der Waals surface area contributed by atoms with Gasteiger partial charge in [-0.3, -0.25) is 4.79 Å². The van der Waals surface area contributed by atoms with Crippen molar-refractivity contribution in [1.29, 1.82) is 0 Å². The summed E-state index contributed by atoms with van der Waals surface area (Å²) in [5.41, 5.74) is 8.94. The lowest BCUT2D eigenvalue weighted by molar-refractivity contribution is 0.0966. The molecule has 1 heterocycles. The third-order valence-electron chi connectivity index (χ3n) is 2.55. The van der Waals surface area contributed by atoms with E-state index in [-0.39, 0.29) is 11.8 Å². The highest BCUT2D eigenvalue weighted by molar-refractivity contribution is 6.28. The molecule has 0 fully saturated rings. The molecule has 4 nitrogen and oxygen atoms in total. The number of aryl methyl sites for hydroxylation is 1. The van der Waals surface area contributed by atoms with Crippen LogP contribution in [0.1, 0.15) is 21.5 Å². The van der Waals surface area contributed by atoms with Gasteiger partial charge in [-0.2, -0.15) is 0 Å². The van der Waals surface area contributed by atoms with Crippen LogP contribution in [0.25, 0.3) is 0 Å². The van der Waals surface area contributed by atoms with Gasteiger partial charge in [0.15, 0.2) is 0 Å². The number of benzene rings is 1. The first-order chi connectivity index (χ1) is 7.63. The molecule has 1 aromatic carbocycles. The van der Waals surface area contributed by atoms with E-state index in [0.717, 1.165) is 16.8 Å². The number of nitrogens with zero attached hydrogens (tertiary/aromatic N) is 1. The topological polar surface area (TPSA) is 67.5 Å². The Hall–Kier alpha value is -1.55. The van der Waals surface area contributed by atoms with Crippen molar-refractivity contribution in [3.05, 3.63) is 28.8 Å². The Labute approximate surface area is 98.5 Å². The summed E-state index contributed by atoms with van der Waals surface area (Å²) < 4.78 is 0. The van der Waals surface area contributed by atoms with E-state index in [1.54, 1.807) is 0 Å². The first kappa shape index (κ1) is 11.0. The molecule has 1 amide bonds. The maximum absolute atomic E-state index is 11.5. The summed E-state index contributed by atoms with van der Waals surface area (Å²) in [7, 11) is 0. The number of carbonyl (C=O) groups excluding carboxylic acids is 1. The van der Waals surface area contributed by atoms with Crippen LogP contribution in [0.5, 0.6) is 0 Å². The van der Waals surface area contributed by atoms with Gasteiger partial charge in [0, 0.05) is 17.7 Å². The van der Waals surface area contributed by atoms with Crippen LogP contribution in [0, 0.1) is 6.92 Å². The highest BCUT2D eigenvalue weighted by Gasteiger charge is 2.22. The van der Waals surface area contributed by atoms with Crippen molar-refractivity contribution in [2.45, 2.75) is 13.5 Å². The number of hydrogen-bond acceptors (Lipinski definition) is 2. The highest BCUT2D eigenvalue weighted by atomic mass is 35.5. The molecule has 1 aliphatic rings. The number of amidine groups is 1. The Morgan fingerprint density at radius 3 is 3.06 bits per heavy atom. The molecule has 5 heteroatoms. The van der Waals surface area contributed by atoms with Gasteiger partial charge in [0.2, 0.25) is 0 Å². The van der Waals surface area contributed by atoms with Gasteiger partial charge in [0.1, 0.15) is 5.84 Å². The Kier molecular flexibility index (Phi) is 2.83. The van der Waals surface area contributed by atoms with Gasteiger partial charge < -0.3 is 11.1 Å². The highest BCUT2D eigenvalue weighted by Crippen LogP contribution is 2.30. The van der Waals surface area contributed by atoms with Gasteiger partial charge in [-0.15, -0.1) is 11.6 Å². The lowest BCUT2D eigenvalue weighted by atomic mass is 10.0. The fourth-order valence-electron chi connectivity index (χ4n) is 1.74. The summed E-state index contributed by atoms with van der Waals surface area (Å²) in [4.78, 5) is 15.7. The molecule has 0 saturated heterocycles. The van der Waals surface area contributed by atoms with Gasteiger partial charge in [0.05, 0.1) is 11.6 Å². The van der Waals surface area contributed by atoms with Crippen molar-refractivity contribution in [3.8, 4) is 0 Å². The fraction of sp³-hybridized carbons (Fsp3) is 0.273. The average Bonchev–Trinajstić information content (AvgIpc) is 2.64. The normalized spacial score (nSPS) is 14.9. The molecule has 84 valence electrons. The van der Waals surface area contributed by atoms with E-state index >= 15 is 0 Å². The lowest BCUT2D eigenvalue weighted by Gasteiger charge is -2.06. The number of amides is 1. The Balaban J connectivity index is 2.57. The molecule has 0 aromatic heterocycles. The summed E-state index contributed by atoms with van der Waals surface area (Å²) >= 11 is 5.60. The van der Waals surface area contributed by atoms with Crippen LogP contribution in [-0.2, 0) is 6.54 Å². The third-order valence-corrected chi connectivity index (χ3v) is 2.82. The van der Waals surface area contributed by atoms with E-state index < -0.39 is 0 Å². The number of alkyl halides is 1. The minimum absolute atomic E-state index is 0.0594. The molecule has 1 aromatic rings. The van der Waals surface area contributed by atoms with E-state index in [2.05, 4.69) is 10.3 Å². The zero-order valence-electron chi connectivity index (χ0n) is 8.88. The lowest BCUT2D eigenvalue weighted by Crippen LogP contribution is -2.12. The van der Waals surface area contributed by atoms with E-state index in [9.17, 15) is 4.79 Å². The number of nitrogens with one attached hydrogen (secondary N) is 1. The van der Waals surface area contributed by atoms with Crippen molar-refractivity contribution >= 4 is 29.0 Å². The van der Waals surface area contributed by atoms with Gasteiger partial charge >= 0.3 is 0 Å². The first-order valence-corrected chi connectivity index (χ1v) is 5.46. The summed E-state index contributed by atoms with van der Waals surface area (Å²) in [6.45, 7) is 2.44. The second kappa shape index (κ2) is 4.14. The number of nitrogens with two attached hydrogens (primary N) is 1. The molecule has 0 saturated carbocycles. The predicted octanol–water partition coefficient (Wildman–Crippen LogP) is 1.47. The van der Waals surface area contributed by atoms with Crippen LogP contribution in [0.2, 0.25) is 0 Å². The molecule has 0 atom stereocenters. The standard InChI is InChI=1S/C11H12ClN3O/c1-6-2-3-7-8(5-14-11(7)16)10(6)15-9(13)4-12/h2-3H,4-5H2,1H3,(H2,13,15)(H,14,16). The Morgan fingerprint density at radius 1 is 1.62 bits per heavy atom. The fourth-order valence-corrected chi connectivity index (χ4v) is 1.80. The summed E-state index contributed by atoms with van der Waals surface area (Å²) in [5, 5.41) is 2.76. The number of fused-ring (bicyclic) bond motifs is 1. The quantitative estimate of drug-likeness (QED) is 0.465. The summed E-state index contributed by atoms with van der Waals surface area (Å²) in [6.07, 6.45) is 0. The van der Waals surface area contributed by atoms with E-state index in [1.807, 2.05) is 19.1 Å². The van der Waals surface area contributed by atoms with Crippen molar-refractivity contribution in [1.82, 2.24) is 5.32 Å². The summed E-state index contributed by atoms with van der Waals surface area (Å²) in [5.74, 6) is 0.484. The van der Waals surface area contributed by atoms with Crippen molar-refractivity contribution in [2.24, 2.45) is 10.7 Å². The molecule has 0 spiro atoms. The average molecular weight is 238 g/mol. The second-order valence-electron chi connectivity index (χ2n) is 3.68. The number of carbonyl (C=O) groups is 1. The minimum atomic E-state index is -0.0594. The monoisotopic (exact) mass is 237 g/mol. The molecule has 0 unspecified atom stereocenters. The molecule has 0 bridgehead atoms. The van der Waals surface area contributed by atoms with Gasteiger partial charge in [0.25, 0.3) is 5.91 Å². The third kappa shape index (κ3) is 1.76. The summed E-state index contributed by atoms with van der Waals surface area (Å²) in [6, 6.07) is 3.67. The molecule has 0 radical (unpaired) electrons. The molecule has 0 aliphatic carbocycles. The molecule has 2 rings (SSSR count).